The molecule has 0 amide bonds. The lowest BCUT2D eigenvalue weighted by molar-refractivity contribution is 1.29. The summed E-state index contributed by atoms with van der Waals surface area (Å²) in [5.74, 6) is 0. The van der Waals surface area contributed by atoms with Gasteiger partial charge >= 0.3 is 0 Å². The summed E-state index contributed by atoms with van der Waals surface area (Å²) >= 11 is 3.72. The van der Waals surface area contributed by atoms with Gasteiger partial charge in [0.1, 0.15) is 0 Å². The van der Waals surface area contributed by atoms with Crippen LogP contribution in [0.3, 0.4) is 0 Å². The lowest BCUT2D eigenvalue weighted by Crippen LogP contribution is -2.09. The molecule has 10 rings (SSSR count). The molecule has 52 heavy (non-hydrogen) atoms. The van der Waals surface area contributed by atoms with E-state index < -0.39 is 0 Å². The van der Waals surface area contributed by atoms with Crippen molar-refractivity contribution in [2.24, 2.45) is 0 Å². The quantitative estimate of drug-likeness (QED) is 0.163. The molecule has 0 aliphatic rings. The highest BCUT2D eigenvalue weighted by Crippen LogP contribution is 2.45. The third kappa shape index (κ3) is 5.41. The summed E-state index contributed by atoms with van der Waals surface area (Å²) in [4.78, 5) is 4.74. The lowest BCUT2D eigenvalue weighted by atomic mass is 10.0. The number of fused-ring (bicyclic) bond motifs is 6. The van der Waals surface area contributed by atoms with E-state index in [4.69, 9.17) is 0 Å². The zero-order chi connectivity index (χ0) is 34.4. The normalized spacial score (nSPS) is 11.5. The van der Waals surface area contributed by atoms with E-state index in [-0.39, 0.29) is 0 Å². The maximum absolute atomic E-state index is 2.40. The van der Waals surface area contributed by atoms with E-state index in [0.717, 1.165) is 34.1 Å². The van der Waals surface area contributed by atoms with Crippen molar-refractivity contribution in [3.05, 3.63) is 194 Å². The molecule has 2 heterocycles. The molecule has 0 fully saturated rings. The zero-order valence-electron chi connectivity index (χ0n) is 28.2. The Kier molecular flexibility index (Phi) is 7.56. The lowest BCUT2D eigenvalue weighted by Gasteiger charge is -2.26. The fourth-order valence-electron chi connectivity index (χ4n) is 7.37. The van der Waals surface area contributed by atoms with Gasteiger partial charge in [0.25, 0.3) is 0 Å². The monoisotopic (exact) mass is 700 g/mol. The van der Waals surface area contributed by atoms with Crippen molar-refractivity contribution in [1.29, 1.82) is 0 Å². The van der Waals surface area contributed by atoms with Gasteiger partial charge in [-0.25, -0.2) is 0 Å². The van der Waals surface area contributed by atoms with E-state index in [1.807, 2.05) is 22.7 Å². The summed E-state index contributed by atoms with van der Waals surface area (Å²) in [5, 5.41) is 5.18. The predicted molar refractivity (Wildman–Crippen MR) is 227 cm³/mol. The molecule has 10 aromatic rings. The first kappa shape index (κ1) is 30.6. The molecule has 2 aromatic heterocycles. The Morgan fingerprint density at radius 1 is 0.250 bits per heavy atom. The molecule has 0 aliphatic carbocycles. The number of benzene rings is 8. The minimum absolute atomic E-state index is 1.13. The standard InChI is InChI=1S/C48H32N2S2/c1-4-12-33(13-5-1)34-20-22-37(23-21-34)50(39-25-27-42-41-18-10-11-19-45(41)51-46(42)31-39)40-26-29-44-43-28-24-38(30-47(43)52-48(44)32-40)49(35-14-6-2-7-15-35)36-16-8-3-9-17-36/h1-32H. The fraction of sp³-hybridized carbons (Fsp3) is 0. The number of para-hydroxylation sites is 2. The smallest absolute Gasteiger partial charge is 0.0476 e. The first-order valence-electron chi connectivity index (χ1n) is 17.5. The minimum Gasteiger partial charge on any atom is -0.310 e. The fourth-order valence-corrected chi connectivity index (χ4v) is 9.68. The van der Waals surface area contributed by atoms with Gasteiger partial charge in [0.05, 0.1) is 0 Å². The average molecular weight is 701 g/mol. The van der Waals surface area contributed by atoms with E-state index >= 15 is 0 Å². The number of anilines is 6. The van der Waals surface area contributed by atoms with Crippen molar-refractivity contribution >= 4 is 97.1 Å². The Bertz CT molecular complexity index is 2800. The van der Waals surface area contributed by atoms with Crippen LogP contribution in [0.15, 0.2) is 194 Å². The minimum atomic E-state index is 1.13. The first-order chi connectivity index (χ1) is 25.8. The summed E-state index contributed by atoms with van der Waals surface area (Å²) in [5.41, 5.74) is 9.27. The van der Waals surface area contributed by atoms with Crippen LogP contribution < -0.4 is 9.80 Å². The van der Waals surface area contributed by atoms with E-state index in [0.29, 0.717) is 0 Å². The molecule has 0 radical (unpaired) electrons. The molecule has 0 saturated heterocycles. The van der Waals surface area contributed by atoms with Crippen LogP contribution in [-0.2, 0) is 0 Å². The van der Waals surface area contributed by atoms with Crippen LogP contribution >= 0.6 is 22.7 Å². The van der Waals surface area contributed by atoms with Gasteiger partial charge in [0, 0.05) is 74.5 Å². The number of nitrogens with zero attached hydrogens (tertiary/aromatic N) is 2. The molecule has 0 atom stereocenters. The molecule has 0 bridgehead atoms. The van der Waals surface area contributed by atoms with Crippen molar-refractivity contribution in [2.45, 2.75) is 0 Å². The third-order valence-electron chi connectivity index (χ3n) is 9.84. The number of thiophene rings is 2. The molecule has 0 saturated carbocycles. The number of rotatable bonds is 7. The Morgan fingerprint density at radius 3 is 1.12 bits per heavy atom. The molecule has 0 spiro atoms. The first-order valence-corrected chi connectivity index (χ1v) is 19.1. The molecular weight excluding hydrogens is 669 g/mol. The van der Waals surface area contributed by atoms with Gasteiger partial charge < -0.3 is 9.80 Å². The highest BCUT2D eigenvalue weighted by molar-refractivity contribution is 7.26. The molecule has 4 heteroatoms. The van der Waals surface area contributed by atoms with Gasteiger partial charge in [-0.05, 0) is 90.0 Å². The second kappa shape index (κ2) is 12.8. The summed E-state index contributed by atoms with van der Waals surface area (Å²) < 4.78 is 5.15. The Balaban J connectivity index is 1.10. The van der Waals surface area contributed by atoms with Crippen LogP contribution in [0.4, 0.5) is 34.1 Å². The second-order valence-corrected chi connectivity index (χ2v) is 15.2. The Labute approximate surface area is 310 Å². The van der Waals surface area contributed by atoms with Crippen molar-refractivity contribution < 1.29 is 0 Å². The van der Waals surface area contributed by atoms with Gasteiger partial charge in [-0.15, -0.1) is 22.7 Å². The van der Waals surface area contributed by atoms with Crippen LogP contribution in [0.5, 0.6) is 0 Å². The van der Waals surface area contributed by atoms with E-state index in [2.05, 4.69) is 204 Å². The van der Waals surface area contributed by atoms with Gasteiger partial charge in [0.15, 0.2) is 0 Å². The van der Waals surface area contributed by atoms with E-state index in [9.17, 15) is 0 Å². The summed E-state index contributed by atoms with van der Waals surface area (Å²) in [6.45, 7) is 0. The van der Waals surface area contributed by atoms with Crippen LogP contribution in [0, 0.1) is 0 Å². The van der Waals surface area contributed by atoms with Crippen molar-refractivity contribution in [1.82, 2.24) is 0 Å². The van der Waals surface area contributed by atoms with Crippen molar-refractivity contribution in [3.8, 4) is 11.1 Å². The van der Waals surface area contributed by atoms with Crippen molar-refractivity contribution in [3.63, 3.8) is 0 Å². The van der Waals surface area contributed by atoms with Crippen LogP contribution in [0.1, 0.15) is 0 Å². The summed E-state index contributed by atoms with van der Waals surface area (Å²) in [6, 6.07) is 70.3. The second-order valence-electron chi connectivity index (χ2n) is 13.0. The third-order valence-corrected chi connectivity index (χ3v) is 12.1. The Morgan fingerprint density at radius 2 is 0.596 bits per heavy atom. The molecule has 2 nitrogen and oxygen atoms in total. The van der Waals surface area contributed by atoms with Gasteiger partial charge in [0.2, 0.25) is 0 Å². The molecule has 0 aliphatic heterocycles. The van der Waals surface area contributed by atoms with Crippen molar-refractivity contribution in [2.75, 3.05) is 9.80 Å². The van der Waals surface area contributed by atoms with Gasteiger partial charge in [-0.3, -0.25) is 0 Å². The van der Waals surface area contributed by atoms with Crippen LogP contribution in [-0.4, -0.2) is 0 Å². The highest BCUT2D eigenvalue weighted by Gasteiger charge is 2.18. The Hall–Kier alpha value is -6.20. The predicted octanol–water partition coefficient (Wildman–Crippen LogP) is 15.0. The van der Waals surface area contributed by atoms with E-state index in [1.165, 1.54) is 51.5 Å². The topological polar surface area (TPSA) is 6.48 Å². The number of hydrogen-bond acceptors (Lipinski definition) is 4. The summed E-state index contributed by atoms with van der Waals surface area (Å²) in [6.07, 6.45) is 0. The zero-order valence-corrected chi connectivity index (χ0v) is 29.8. The number of hydrogen-bond donors (Lipinski definition) is 0. The molecular formula is C48H32N2S2. The van der Waals surface area contributed by atoms with Gasteiger partial charge in [-0.1, -0.05) is 115 Å². The SMILES string of the molecule is c1ccc(-c2ccc(N(c3ccc4c(c3)sc3ccccc34)c3ccc4c(c3)sc3cc(N(c5ccccc5)c5ccccc5)ccc34)cc2)cc1. The van der Waals surface area contributed by atoms with Crippen LogP contribution in [0.2, 0.25) is 0 Å². The largest absolute Gasteiger partial charge is 0.310 e. The molecule has 246 valence electrons. The maximum atomic E-state index is 2.40. The molecule has 0 N–H and O–H groups in total. The maximum Gasteiger partial charge on any atom is 0.0476 e. The van der Waals surface area contributed by atoms with E-state index in [1.54, 1.807) is 0 Å². The summed E-state index contributed by atoms with van der Waals surface area (Å²) in [7, 11) is 0. The average Bonchev–Trinajstić information content (AvgIpc) is 3.77. The highest BCUT2D eigenvalue weighted by atomic mass is 32.1. The molecule has 8 aromatic carbocycles. The molecule has 0 unspecified atom stereocenters. The van der Waals surface area contributed by atoms with Gasteiger partial charge in [-0.2, -0.15) is 0 Å². The van der Waals surface area contributed by atoms with Crippen LogP contribution in [0.25, 0.3) is 51.5 Å².